The summed E-state index contributed by atoms with van der Waals surface area (Å²) in [5.41, 5.74) is 3.58. The molecule has 1 aliphatic heterocycles. The predicted octanol–water partition coefficient (Wildman–Crippen LogP) is 5.67. The maximum Gasteiger partial charge on any atom is 0.265 e. The van der Waals surface area contributed by atoms with Crippen molar-refractivity contribution in [2.45, 2.75) is 20.0 Å². The Bertz CT molecular complexity index is 1190. The summed E-state index contributed by atoms with van der Waals surface area (Å²) in [7, 11) is 0. The minimum atomic E-state index is -0.743. The second-order valence-corrected chi connectivity index (χ2v) is 9.36. The van der Waals surface area contributed by atoms with Gasteiger partial charge in [0.05, 0.1) is 5.02 Å². The highest BCUT2D eigenvalue weighted by Gasteiger charge is 2.22. The molecule has 1 N–H and O–H groups in total. The third kappa shape index (κ3) is 6.27. The van der Waals surface area contributed by atoms with Crippen molar-refractivity contribution < 1.29 is 14.3 Å². The minimum absolute atomic E-state index is 0.0685. The number of nitrogens with one attached hydrogen (secondary N) is 1. The summed E-state index contributed by atoms with van der Waals surface area (Å²) in [6.07, 6.45) is -0.743. The molecule has 1 aliphatic rings. The number of ether oxygens (including phenoxy) is 1. The van der Waals surface area contributed by atoms with Crippen molar-refractivity contribution >= 4 is 46.4 Å². The highest BCUT2D eigenvalue weighted by atomic mass is 35.5. The number of anilines is 2. The van der Waals surface area contributed by atoms with Crippen LogP contribution < -0.4 is 15.0 Å². The molecule has 0 spiro atoms. The zero-order chi connectivity index (χ0) is 24.9. The molecule has 0 unspecified atom stereocenters. The van der Waals surface area contributed by atoms with Crippen LogP contribution in [-0.4, -0.2) is 49.0 Å². The van der Waals surface area contributed by atoms with Crippen LogP contribution in [0.2, 0.25) is 10.0 Å². The van der Waals surface area contributed by atoms with Crippen LogP contribution in [0, 0.1) is 6.92 Å². The van der Waals surface area contributed by atoms with Crippen LogP contribution in [-0.2, 0) is 4.79 Å². The SMILES string of the molecule is Cc1ccc(C(=O)N2CCN(c3ccc(NC(=O)[C@H](C)Oc4ccc(Cl)cc4Cl)cc3)CC2)cc1. The summed E-state index contributed by atoms with van der Waals surface area (Å²) in [5.74, 6) is 0.181. The Hall–Kier alpha value is -3.22. The van der Waals surface area contributed by atoms with Crippen molar-refractivity contribution in [3.8, 4) is 5.75 Å². The van der Waals surface area contributed by atoms with Crippen LogP contribution in [0.4, 0.5) is 11.4 Å². The maximum absolute atomic E-state index is 12.7. The number of aryl methyl sites for hydroxylation is 1. The monoisotopic (exact) mass is 511 g/mol. The van der Waals surface area contributed by atoms with E-state index in [1.807, 2.05) is 60.4 Å². The number of amides is 2. The fraction of sp³-hybridized carbons (Fsp3) is 0.259. The molecule has 35 heavy (non-hydrogen) atoms. The van der Waals surface area contributed by atoms with Gasteiger partial charge in [-0.1, -0.05) is 40.9 Å². The molecule has 3 aromatic rings. The second-order valence-electron chi connectivity index (χ2n) is 8.52. The molecule has 8 heteroatoms. The van der Waals surface area contributed by atoms with Crippen molar-refractivity contribution in [3.63, 3.8) is 0 Å². The Morgan fingerprint density at radius 2 is 1.57 bits per heavy atom. The number of hydrogen-bond acceptors (Lipinski definition) is 4. The first-order valence-corrected chi connectivity index (χ1v) is 12.2. The van der Waals surface area contributed by atoms with Crippen molar-refractivity contribution in [2.24, 2.45) is 0 Å². The summed E-state index contributed by atoms with van der Waals surface area (Å²) < 4.78 is 5.68. The zero-order valence-electron chi connectivity index (χ0n) is 19.6. The van der Waals surface area contributed by atoms with Crippen LogP contribution in [0.25, 0.3) is 0 Å². The Kier molecular flexibility index (Phi) is 7.83. The van der Waals surface area contributed by atoms with Gasteiger partial charge in [0.2, 0.25) is 0 Å². The topological polar surface area (TPSA) is 61.9 Å². The van der Waals surface area contributed by atoms with Crippen LogP contribution in [0.15, 0.2) is 66.7 Å². The van der Waals surface area contributed by atoms with E-state index in [4.69, 9.17) is 27.9 Å². The van der Waals surface area contributed by atoms with Crippen molar-refractivity contribution in [1.82, 2.24) is 4.90 Å². The summed E-state index contributed by atoms with van der Waals surface area (Å²) in [6, 6.07) is 20.2. The van der Waals surface area contributed by atoms with Gasteiger partial charge >= 0.3 is 0 Å². The van der Waals surface area contributed by atoms with Crippen LogP contribution in [0.3, 0.4) is 0 Å². The molecule has 182 valence electrons. The quantitative estimate of drug-likeness (QED) is 0.463. The zero-order valence-corrected chi connectivity index (χ0v) is 21.1. The molecule has 0 aromatic heterocycles. The van der Waals surface area contributed by atoms with Gasteiger partial charge < -0.3 is 19.9 Å². The Morgan fingerprint density at radius 1 is 0.914 bits per heavy atom. The first-order valence-electron chi connectivity index (χ1n) is 11.4. The lowest BCUT2D eigenvalue weighted by Gasteiger charge is -2.36. The molecule has 4 rings (SSSR count). The number of hydrogen-bond donors (Lipinski definition) is 1. The van der Waals surface area contributed by atoms with Gasteiger partial charge in [-0.3, -0.25) is 9.59 Å². The van der Waals surface area contributed by atoms with E-state index in [9.17, 15) is 9.59 Å². The molecule has 2 amide bonds. The van der Waals surface area contributed by atoms with Gasteiger partial charge in [0, 0.05) is 48.1 Å². The molecule has 1 atom stereocenters. The first kappa shape index (κ1) is 24.9. The maximum atomic E-state index is 12.7. The van der Waals surface area contributed by atoms with Gasteiger partial charge in [0.15, 0.2) is 6.10 Å². The number of benzene rings is 3. The average Bonchev–Trinajstić information content (AvgIpc) is 2.86. The Balaban J connectivity index is 1.29. The summed E-state index contributed by atoms with van der Waals surface area (Å²) >= 11 is 12.0. The van der Waals surface area contributed by atoms with Gasteiger partial charge in [-0.05, 0) is 68.4 Å². The lowest BCUT2D eigenvalue weighted by molar-refractivity contribution is -0.122. The van der Waals surface area contributed by atoms with Crippen molar-refractivity contribution in [2.75, 3.05) is 36.4 Å². The van der Waals surface area contributed by atoms with E-state index in [0.29, 0.717) is 34.6 Å². The minimum Gasteiger partial charge on any atom is -0.479 e. The molecule has 1 heterocycles. The average molecular weight is 512 g/mol. The van der Waals surface area contributed by atoms with Gasteiger partial charge in [0.1, 0.15) is 5.75 Å². The fourth-order valence-electron chi connectivity index (χ4n) is 3.86. The Labute approximate surface area is 215 Å². The van der Waals surface area contributed by atoms with Crippen LogP contribution >= 0.6 is 23.2 Å². The molecule has 0 radical (unpaired) electrons. The number of carbonyl (C=O) groups is 2. The first-order chi connectivity index (χ1) is 16.8. The van der Waals surface area contributed by atoms with Gasteiger partial charge in [-0.2, -0.15) is 0 Å². The summed E-state index contributed by atoms with van der Waals surface area (Å²) in [5, 5.41) is 3.71. The molecule has 6 nitrogen and oxygen atoms in total. The van der Waals surface area contributed by atoms with E-state index in [0.717, 1.165) is 29.9 Å². The molecule has 0 aliphatic carbocycles. The number of halogens is 2. The van der Waals surface area contributed by atoms with Gasteiger partial charge in [-0.25, -0.2) is 0 Å². The van der Waals surface area contributed by atoms with Crippen LogP contribution in [0.1, 0.15) is 22.8 Å². The fourth-order valence-corrected chi connectivity index (χ4v) is 4.31. The standard InChI is InChI=1S/C27H27Cl2N3O3/c1-18-3-5-20(6-4-18)27(34)32-15-13-31(14-16-32)23-10-8-22(9-11-23)30-26(33)19(2)35-25-12-7-21(28)17-24(25)29/h3-12,17,19H,13-16H2,1-2H3,(H,30,33)/t19-/m0/s1. The lowest BCUT2D eigenvalue weighted by atomic mass is 10.1. The highest BCUT2D eigenvalue weighted by molar-refractivity contribution is 6.35. The number of carbonyl (C=O) groups excluding carboxylic acids is 2. The van der Waals surface area contributed by atoms with Gasteiger partial charge in [-0.15, -0.1) is 0 Å². The molecule has 1 saturated heterocycles. The Morgan fingerprint density at radius 3 is 2.20 bits per heavy atom. The normalized spacial score (nSPS) is 14.4. The number of nitrogens with zero attached hydrogens (tertiary/aromatic N) is 2. The third-order valence-electron chi connectivity index (χ3n) is 5.93. The smallest absolute Gasteiger partial charge is 0.265 e. The largest absolute Gasteiger partial charge is 0.479 e. The second kappa shape index (κ2) is 11.0. The molecule has 0 bridgehead atoms. The van der Waals surface area contributed by atoms with E-state index < -0.39 is 6.10 Å². The molecular formula is C27H27Cl2N3O3. The van der Waals surface area contributed by atoms with E-state index in [1.165, 1.54) is 0 Å². The van der Waals surface area contributed by atoms with E-state index in [2.05, 4.69) is 10.2 Å². The van der Waals surface area contributed by atoms with E-state index in [-0.39, 0.29) is 11.8 Å². The molecule has 3 aromatic carbocycles. The van der Waals surface area contributed by atoms with E-state index >= 15 is 0 Å². The summed E-state index contributed by atoms with van der Waals surface area (Å²) in [4.78, 5) is 29.4. The third-order valence-corrected chi connectivity index (χ3v) is 6.46. The number of piperazine rings is 1. The summed E-state index contributed by atoms with van der Waals surface area (Å²) in [6.45, 7) is 6.48. The highest BCUT2D eigenvalue weighted by Crippen LogP contribution is 2.28. The van der Waals surface area contributed by atoms with Crippen LogP contribution in [0.5, 0.6) is 5.75 Å². The molecule has 0 saturated carbocycles. The van der Waals surface area contributed by atoms with E-state index in [1.54, 1.807) is 25.1 Å². The molecular weight excluding hydrogens is 485 g/mol. The lowest BCUT2D eigenvalue weighted by Crippen LogP contribution is -2.48. The predicted molar refractivity (Wildman–Crippen MR) is 141 cm³/mol. The van der Waals surface area contributed by atoms with Gasteiger partial charge in [0.25, 0.3) is 11.8 Å². The van der Waals surface area contributed by atoms with Crippen molar-refractivity contribution in [3.05, 3.63) is 87.9 Å². The number of rotatable bonds is 6. The molecule has 1 fully saturated rings. The van der Waals surface area contributed by atoms with Crippen molar-refractivity contribution in [1.29, 1.82) is 0 Å².